The highest BCUT2D eigenvalue weighted by atomic mass is 16.7. The molecule has 0 saturated carbocycles. The molecule has 0 amide bonds. The molecule has 1 fully saturated rings. The summed E-state index contributed by atoms with van der Waals surface area (Å²) in [4.78, 5) is 59.4. The molecule has 192 valence electrons. The van der Waals surface area contributed by atoms with E-state index in [0.717, 1.165) is 20.8 Å². The number of benzene rings is 1. The van der Waals surface area contributed by atoms with Crippen molar-refractivity contribution in [2.45, 2.75) is 65.3 Å². The molecular formula is C23H28O12. The quantitative estimate of drug-likeness (QED) is 0.358. The number of rotatable bonds is 9. The first-order valence-corrected chi connectivity index (χ1v) is 10.8. The summed E-state index contributed by atoms with van der Waals surface area (Å²) in [6, 6.07) is 6.09. The van der Waals surface area contributed by atoms with Crippen LogP contribution in [-0.2, 0) is 47.6 Å². The van der Waals surface area contributed by atoms with Crippen LogP contribution in [0, 0.1) is 0 Å². The number of hydrogen-bond donors (Lipinski definition) is 0. The third kappa shape index (κ3) is 7.95. The first-order valence-electron chi connectivity index (χ1n) is 10.8. The zero-order valence-corrected chi connectivity index (χ0v) is 20.0. The van der Waals surface area contributed by atoms with Gasteiger partial charge in [-0.1, -0.05) is 12.1 Å². The Balaban J connectivity index is 2.51. The molecule has 12 heteroatoms. The van der Waals surface area contributed by atoms with E-state index in [2.05, 4.69) is 0 Å². The minimum atomic E-state index is -1.47. The SMILES string of the molecule is CCOC(=O)c1ccccc1OC1OC(COC(C)=O)C(OC(C)=O)C(OC(C)=O)C1OC(C)=O. The van der Waals surface area contributed by atoms with Gasteiger partial charge in [0.2, 0.25) is 12.4 Å². The summed E-state index contributed by atoms with van der Waals surface area (Å²) in [5.41, 5.74) is 0.0576. The van der Waals surface area contributed by atoms with Gasteiger partial charge in [0.15, 0.2) is 12.2 Å². The van der Waals surface area contributed by atoms with Gasteiger partial charge in [-0.3, -0.25) is 19.2 Å². The lowest BCUT2D eigenvalue weighted by molar-refractivity contribution is -0.288. The summed E-state index contributed by atoms with van der Waals surface area (Å²) in [6.45, 7) is 5.85. The third-order valence-corrected chi connectivity index (χ3v) is 4.57. The summed E-state index contributed by atoms with van der Waals surface area (Å²) in [6.07, 6.45) is -6.79. The molecule has 1 aromatic rings. The maximum Gasteiger partial charge on any atom is 0.341 e. The molecule has 1 aromatic carbocycles. The van der Waals surface area contributed by atoms with Crippen molar-refractivity contribution in [2.75, 3.05) is 13.2 Å². The van der Waals surface area contributed by atoms with Crippen LogP contribution in [0.1, 0.15) is 45.0 Å². The van der Waals surface area contributed by atoms with E-state index in [0.29, 0.717) is 0 Å². The van der Waals surface area contributed by atoms with Gasteiger partial charge in [0, 0.05) is 27.7 Å². The molecule has 35 heavy (non-hydrogen) atoms. The van der Waals surface area contributed by atoms with Crippen molar-refractivity contribution < 1.29 is 57.1 Å². The summed E-state index contributed by atoms with van der Waals surface area (Å²) >= 11 is 0. The zero-order chi connectivity index (χ0) is 26.1. The minimum absolute atomic E-state index is 0.0202. The standard InChI is InChI=1S/C23H28O12/c1-6-29-22(28)16-9-7-8-10-17(16)34-23-21(33-15(5)27)20(32-14(4)26)19(31-13(3)25)18(35-23)11-30-12(2)24/h7-10,18-21,23H,6,11H2,1-5H3. The maximum absolute atomic E-state index is 12.4. The molecule has 1 heterocycles. The number of carbonyl (C=O) groups excluding carboxylic acids is 5. The van der Waals surface area contributed by atoms with Gasteiger partial charge < -0.3 is 33.2 Å². The van der Waals surface area contributed by atoms with Gasteiger partial charge in [0.1, 0.15) is 24.0 Å². The van der Waals surface area contributed by atoms with Crippen LogP contribution in [0.15, 0.2) is 24.3 Å². The van der Waals surface area contributed by atoms with E-state index in [1.807, 2.05) is 0 Å². The number of para-hydroxylation sites is 1. The van der Waals surface area contributed by atoms with E-state index in [1.165, 1.54) is 19.1 Å². The second-order valence-corrected chi connectivity index (χ2v) is 7.40. The molecule has 0 aromatic heterocycles. The Morgan fingerprint density at radius 2 is 1.34 bits per heavy atom. The Labute approximate surface area is 201 Å². The van der Waals surface area contributed by atoms with Gasteiger partial charge in [-0.15, -0.1) is 0 Å². The zero-order valence-electron chi connectivity index (χ0n) is 20.0. The summed E-state index contributed by atoms with van der Waals surface area (Å²) in [5, 5.41) is 0. The third-order valence-electron chi connectivity index (χ3n) is 4.57. The Morgan fingerprint density at radius 3 is 1.91 bits per heavy atom. The fraction of sp³-hybridized carbons (Fsp3) is 0.522. The monoisotopic (exact) mass is 496 g/mol. The van der Waals surface area contributed by atoms with Crippen LogP contribution >= 0.6 is 0 Å². The van der Waals surface area contributed by atoms with Crippen LogP contribution in [0.3, 0.4) is 0 Å². The molecule has 12 nitrogen and oxygen atoms in total. The lowest BCUT2D eigenvalue weighted by atomic mass is 9.98. The van der Waals surface area contributed by atoms with Crippen molar-refractivity contribution in [1.29, 1.82) is 0 Å². The molecule has 0 radical (unpaired) electrons. The smallest absolute Gasteiger partial charge is 0.341 e. The second-order valence-electron chi connectivity index (χ2n) is 7.40. The highest BCUT2D eigenvalue weighted by Crippen LogP contribution is 2.32. The maximum atomic E-state index is 12.4. The molecule has 0 N–H and O–H groups in total. The van der Waals surface area contributed by atoms with Crippen molar-refractivity contribution >= 4 is 29.8 Å². The largest absolute Gasteiger partial charge is 0.463 e. The fourth-order valence-electron chi connectivity index (χ4n) is 3.36. The highest BCUT2D eigenvalue weighted by molar-refractivity contribution is 5.92. The Hall–Kier alpha value is -3.67. The van der Waals surface area contributed by atoms with Crippen molar-refractivity contribution in [3.8, 4) is 5.75 Å². The van der Waals surface area contributed by atoms with E-state index in [4.69, 9.17) is 33.2 Å². The van der Waals surface area contributed by atoms with E-state index < -0.39 is 67.2 Å². The average Bonchev–Trinajstić information content (AvgIpc) is 2.76. The molecule has 0 spiro atoms. The lowest BCUT2D eigenvalue weighted by Crippen LogP contribution is -2.63. The molecule has 2 rings (SSSR count). The summed E-state index contributed by atoms with van der Waals surface area (Å²) < 4.78 is 37.8. The van der Waals surface area contributed by atoms with Gasteiger partial charge in [0.05, 0.1) is 6.61 Å². The molecule has 1 aliphatic rings. The van der Waals surface area contributed by atoms with Gasteiger partial charge >= 0.3 is 29.8 Å². The molecule has 5 atom stereocenters. The van der Waals surface area contributed by atoms with E-state index in [-0.39, 0.29) is 17.9 Å². The Morgan fingerprint density at radius 1 is 0.771 bits per heavy atom. The molecule has 0 bridgehead atoms. The first kappa shape index (κ1) is 27.6. The molecular weight excluding hydrogens is 468 g/mol. The normalized spacial score (nSPS) is 23.4. The van der Waals surface area contributed by atoms with Gasteiger partial charge in [-0.05, 0) is 19.1 Å². The predicted molar refractivity (Wildman–Crippen MR) is 115 cm³/mol. The van der Waals surface area contributed by atoms with Crippen LogP contribution < -0.4 is 4.74 Å². The number of carbonyl (C=O) groups is 5. The molecule has 0 aliphatic carbocycles. The number of hydrogen-bond acceptors (Lipinski definition) is 12. The molecule has 1 saturated heterocycles. The van der Waals surface area contributed by atoms with Gasteiger partial charge in [-0.25, -0.2) is 4.79 Å². The van der Waals surface area contributed by atoms with Crippen LogP contribution in [-0.4, -0.2) is 73.8 Å². The van der Waals surface area contributed by atoms with Crippen molar-refractivity contribution in [3.05, 3.63) is 29.8 Å². The van der Waals surface area contributed by atoms with Crippen LogP contribution in [0.2, 0.25) is 0 Å². The van der Waals surface area contributed by atoms with Crippen molar-refractivity contribution in [1.82, 2.24) is 0 Å². The number of esters is 5. The van der Waals surface area contributed by atoms with E-state index in [1.54, 1.807) is 19.1 Å². The van der Waals surface area contributed by atoms with Gasteiger partial charge in [0.25, 0.3) is 0 Å². The first-order chi connectivity index (χ1) is 16.5. The summed E-state index contributed by atoms with van der Waals surface area (Å²) in [7, 11) is 0. The lowest BCUT2D eigenvalue weighted by Gasteiger charge is -2.44. The topological polar surface area (TPSA) is 150 Å². The Kier molecular flexibility index (Phi) is 10.0. The highest BCUT2D eigenvalue weighted by Gasteiger charge is 2.53. The second kappa shape index (κ2) is 12.7. The molecule has 1 aliphatic heterocycles. The van der Waals surface area contributed by atoms with Crippen LogP contribution in [0.25, 0.3) is 0 Å². The van der Waals surface area contributed by atoms with Crippen LogP contribution in [0.4, 0.5) is 0 Å². The Bertz CT molecular complexity index is 942. The van der Waals surface area contributed by atoms with Gasteiger partial charge in [-0.2, -0.15) is 0 Å². The van der Waals surface area contributed by atoms with E-state index in [9.17, 15) is 24.0 Å². The average molecular weight is 496 g/mol. The van der Waals surface area contributed by atoms with Crippen molar-refractivity contribution in [3.63, 3.8) is 0 Å². The predicted octanol–water partition coefficient (Wildman–Crippen LogP) is 1.33. The van der Waals surface area contributed by atoms with E-state index >= 15 is 0 Å². The fourth-order valence-corrected chi connectivity index (χ4v) is 3.36. The van der Waals surface area contributed by atoms with Crippen molar-refractivity contribution in [2.24, 2.45) is 0 Å². The summed E-state index contributed by atoms with van der Waals surface area (Å²) in [5.74, 6) is -3.60. The minimum Gasteiger partial charge on any atom is -0.463 e. The van der Waals surface area contributed by atoms with Crippen LogP contribution in [0.5, 0.6) is 5.75 Å². The molecule has 5 unspecified atom stereocenters. The number of ether oxygens (including phenoxy) is 7.